The Hall–Kier alpha value is -2.64. The molecule has 1 fully saturated rings. The van der Waals surface area contributed by atoms with E-state index in [9.17, 15) is 0 Å². The minimum atomic E-state index is 0.612. The van der Waals surface area contributed by atoms with Crippen LogP contribution in [0, 0.1) is 4.77 Å². The van der Waals surface area contributed by atoms with Gasteiger partial charge in [-0.15, -0.1) is 0 Å². The molecule has 2 aromatic carbocycles. The fourth-order valence-electron chi connectivity index (χ4n) is 3.93. The molecule has 0 saturated carbocycles. The molecule has 2 heterocycles. The van der Waals surface area contributed by atoms with Gasteiger partial charge in [-0.1, -0.05) is 43.3 Å². The van der Waals surface area contributed by atoms with Crippen LogP contribution in [0.15, 0.2) is 48.5 Å². The molecule has 1 aromatic heterocycles. The highest BCUT2D eigenvalue weighted by molar-refractivity contribution is 7.71. The number of benzene rings is 2. The molecule has 30 heavy (non-hydrogen) atoms. The predicted molar refractivity (Wildman–Crippen MR) is 123 cm³/mol. The molecule has 1 aliphatic rings. The highest BCUT2D eigenvalue weighted by Gasteiger charge is 2.23. The van der Waals surface area contributed by atoms with Crippen LogP contribution in [-0.4, -0.2) is 47.6 Å². The molecule has 0 bridgehead atoms. The minimum absolute atomic E-state index is 0.612. The summed E-state index contributed by atoms with van der Waals surface area (Å²) >= 11 is 5.52. The Morgan fingerprint density at radius 3 is 2.50 bits per heavy atom. The molecule has 0 amide bonds. The lowest BCUT2D eigenvalue weighted by Crippen LogP contribution is -3.14. The number of anilines is 1. The lowest BCUT2D eigenvalue weighted by molar-refractivity contribution is -0.924. The fourth-order valence-corrected chi connectivity index (χ4v) is 4.13. The van der Waals surface area contributed by atoms with Gasteiger partial charge in [0, 0.05) is 5.56 Å². The second kappa shape index (κ2) is 9.45. The van der Waals surface area contributed by atoms with E-state index in [1.807, 2.05) is 17.7 Å². The lowest BCUT2D eigenvalue weighted by Gasteiger charge is -2.34. The van der Waals surface area contributed by atoms with Gasteiger partial charge in [0.1, 0.15) is 5.75 Å². The minimum Gasteiger partial charge on any atom is -0.492 e. The molecule has 1 saturated heterocycles. The number of piperazine rings is 1. The number of quaternary nitrogens is 1. The molecular weight excluding hydrogens is 394 g/mol. The van der Waals surface area contributed by atoms with Crippen molar-refractivity contribution in [3.63, 3.8) is 0 Å². The predicted octanol–water partition coefficient (Wildman–Crippen LogP) is 2.93. The van der Waals surface area contributed by atoms with Gasteiger partial charge in [0.2, 0.25) is 4.77 Å². The smallest absolute Gasteiger partial charge is 0.221 e. The first-order valence-corrected chi connectivity index (χ1v) is 11.1. The number of aryl methyl sites for hydroxylation is 1. The van der Waals surface area contributed by atoms with Crippen molar-refractivity contribution in [1.82, 2.24) is 14.8 Å². The molecule has 7 heteroatoms. The Morgan fingerprint density at radius 2 is 1.80 bits per heavy atom. The third-order valence-electron chi connectivity index (χ3n) is 5.67. The zero-order chi connectivity index (χ0) is 20.9. The van der Waals surface area contributed by atoms with Gasteiger partial charge in [0.15, 0.2) is 12.5 Å². The lowest BCUT2D eigenvalue weighted by atomic mass is 10.1. The van der Waals surface area contributed by atoms with Crippen LogP contribution < -0.4 is 14.5 Å². The van der Waals surface area contributed by atoms with E-state index in [-0.39, 0.29) is 0 Å². The fraction of sp³-hybridized carbons (Fsp3) is 0.391. The van der Waals surface area contributed by atoms with Gasteiger partial charge >= 0.3 is 0 Å². The van der Waals surface area contributed by atoms with Crippen molar-refractivity contribution in [3.8, 4) is 17.1 Å². The number of hydrogen-bond donors (Lipinski definition) is 2. The molecular formula is C23H30N5OS+. The molecule has 0 radical (unpaired) electrons. The third kappa shape index (κ3) is 4.57. The van der Waals surface area contributed by atoms with E-state index in [1.54, 1.807) is 0 Å². The summed E-state index contributed by atoms with van der Waals surface area (Å²) in [6.45, 7) is 9.75. The first kappa shape index (κ1) is 20.6. The number of H-pyrrole nitrogens is 1. The van der Waals surface area contributed by atoms with Crippen LogP contribution >= 0.6 is 12.2 Å². The Labute approximate surface area is 183 Å². The van der Waals surface area contributed by atoms with Crippen LogP contribution in [-0.2, 0) is 13.1 Å². The normalized spacial score (nSPS) is 14.8. The summed E-state index contributed by atoms with van der Waals surface area (Å²) in [4.78, 5) is 8.49. The maximum absolute atomic E-state index is 5.81. The van der Waals surface area contributed by atoms with Crippen molar-refractivity contribution in [1.29, 1.82) is 0 Å². The number of para-hydroxylation sites is 2. The van der Waals surface area contributed by atoms with E-state index in [0.717, 1.165) is 56.4 Å². The van der Waals surface area contributed by atoms with Gasteiger partial charge in [-0.2, -0.15) is 4.98 Å². The van der Waals surface area contributed by atoms with Gasteiger partial charge in [0.25, 0.3) is 0 Å². The van der Waals surface area contributed by atoms with Crippen LogP contribution in [0.5, 0.6) is 5.75 Å². The molecule has 2 N–H and O–H groups in total. The van der Waals surface area contributed by atoms with E-state index in [0.29, 0.717) is 11.4 Å². The van der Waals surface area contributed by atoms with Crippen molar-refractivity contribution >= 4 is 17.9 Å². The number of aromatic nitrogens is 3. The summed E-state index contributed by atoms with van der Waals surface area (Å²) in [5, 5.41) is 3.40. The van der Waals surface area contributed by atoms with Crippen LogP contribution in [0.25, 0.3) is 11.4 Å². The number of rotatable bonds is 7. The van der Waals surface area contributed by atoms with E-state index < -0.39 is 0 Å². The molecule has 1 aliphatic heterocycles. The highest BCUT2D eigenvalue weighted by Crippen LogP contribution is 2.27. The average Bonchev–Trinajstić information content (AvgIpc) is 3.15. The van der Waals surface area contributed by atoms with Crippen LogP contribution in [0.2, 0.25) is 0 Å². The van der Waals surface area contributed by atoms with Gasteiger partial charge in [-0.3, -0.25) is 5.10 Å². The summed E-state index contributed by atoms with van der Waals surface area (Å²) in [5.41, 5.74) is 3.59. The van der Waals surface area contributed by atoms with Crippen molar-refractivity contribution < 1.29 is 9.64 Å². The molecule has 0 unspecified atom stereocenters. The molecule has 4 rings (SSSR count). The largest absolute Gasteiger partial charge is 0.492 e. The second-order valence-electron chi connectivity index (χ2n) is 7.63. The summed E-state index contributed by atoms with van der Waals surface area (Å²) in [5.74, 6) is 1.81. The number of nitrogens with one attached hydrogen (secondary N) is 2. The van der Waals surface area contributed by atoms with Crippen molar-refractivity contribution in [2.45, 2.75) is 26.9 Å². The highest BCUT2D eigenvalue weighted by atomic mass is 32.1. The van der Waals surface area contributed by atoms with Crippen molar-refractivity contribution in [2.75, 3.05) is 37.7 Å². The van der Waals surface area contributed by atoms with Crippen LogP contribution in [0.1, 0.15) is 19.4 Å². The summed E-state index contributed by atoms with van der Waals surface area (Å²) in [6, 6.07) is 16.8. The molecule has 6 nitrogen and oxygen atoms in total. The SMILES string of the molecule is CCOc1ccccc1N1CC[NH+](Cn2[nH]c(-c3ccc(CC)cc3)nc2=S)CC1. The Balaban J connectivity index is 1.40. The monoisotopic (exact) mass is 424 g/mol. The van der Waals surface area contributed by atoms with E-state index in [4.69, 9.17) is 17.0 Å². The van der Waals surface area contributed by atoms with Crippen LogP contribution in [0.3, 0.4) is 0 Å². The number of aromatic amines is 1. The van der Waals surface area contributed by atoms with Gasteiger partial charge in [-0.05, 0) is 43.3 Å². The van der Waals surface area contributed by atoms with E-state index >= 15 is 0 Å². The van der Waals surface area contributed by atoms with Gasteiger partial charge in [0.05, 0.1) is 38.5 Å². The van der Waals surface area contributed by atoms with E-state index in [1.165, 1.54) is 16.2 Å². The third-order valence-corrected chi connectivity index (χ3v) is 5.98. The van der Waals surface area contributed by atoms with Crippen molar-refractivity contribution in [2.24, 2.45) is 0 Å². The quantitative estimate of drug-likeness (QED) is 0.573. The van der Waals surface area contributed by atoms with Gasteiger partial charge < -0.3 is 14.5 Å². The standard InChI is InChI=1S/C23H29N5OS/c1-3-18-9-11-19(12-10-18)22-24-23(30)28(25-22)17-26-13-15-27(16-14-26)20-7-5-6-8-21(20)29-4-2/h5-12H,3-4,13-17H2,1-2H3,(H,24,25,30)/p+1. The van der Waals surface area contributed by atoms with Crippen LogP contribution in [0.4, 0.5) is 5.69 Å². The van der Waals surface area contributed by atoms with E-state index in [2.05, 4.69) is 64.4 Å². The first-order valence-electron chi connectivity index (χ1n) is 10.7. The number of nitrogens with zero attached hydrogens (tertiary/aromatic N) is 3. The number of ether oxygens (including phenoxy) is 1. The Bertz CT molecular complexity index is 1020. The zero-order valence-corrected chi connectivity index (χ0v) is 18.5. The Kier molecular flexibility index (Phi) is 6.50. The second-order valence-corrected chi connectivity index (χ2v) is 7.99. The summed E-state index contributed by atoms with van der Waals surface area (Å²) in [7, 11) is 0. The molecule has 3 aromatic rings. The van der Waals surface area contributed by atoms with Gasteiger partial charge in [-0.25, -0.2) is 4.68 Å². The molecule has 0 spiro atoms. The topological polar surface area (TPSA) is 50.5 Å². The van der Waals surface area contributed by atoms with Crippen molar-refractivity contribution in [3.05, 3.63) is 58.9 Å². The Morgan fingerprint density at radius 1 is 1.07 bits per heavy atom. The molecule has 158 valence electrons. The summed E-state index contributed by atoms with van der Waals surface area (Å²) in [6.07, 6.45) is 1.04. The summed E-state index contributed by atoms with van der Waals surface area (Å²) < 4.78 is 8.42. The maximum atomic E-state index is 5.81. The average molecular weight is 425 g/mol. The first-order chi connectivity index (χ1) is 14.7. The molecule has 0 aliphatic carbocycles. The maximum Gasteiger partial charge on any atom is 0.221 e. The zero-order valence-electron chi connectivity index (χ0n) is 17.7. The molecule has 0 atom stereocenters. The number of hydrogen-bond acceptors (Lipinski definition) is 4.